The minimum atomic E-state index is -0.0406. The zero-order chi connectivity index (χ0) is 18.8. The fraction of sp³-hybridized carbons (Fsp3) is 0.300. The van der Waals surface area contributed by atoms with Crippen molar-refractivity contribution < 1.29 is 9.59 Å². The molecule has 27 heavy (non-hydrogen) atoms. The molecule has 7 nitrogen and oxygen atoms in total. The number of hydrogen-bond acceptors (Lipinski definition) is 4. The van der Waals surface area contributed by atoms with E-state index >= 15 is 0 Å². The number of nitrogens with one attached hydrogen (secondary N) is 1. The first kappa shape index (κ1) is 17.2. The summed E-state index contributed by atoms with van der Waals surface area (Å²) < 4.78 is 0. The van der Waals surface area contributed by atoms with E-state index < -0.39 is 0 Å². The van der Waals surface area contributed by atoms with E-state index in [9.17, 15) is 9.59 Å². The van der Waals surface area contributed by atoms with E-state index in [2.05, 4.69) is 15.0 Å². The Balaban J connectivity index is 1.43. The number of piperazine rings is 1. The normalized spacial score (nSPS) is 14.6. The SMILES string of the molecule is CCc1nc2ccc(C(=O)N3CCN(C(=O)c4cccnc4)CC3)cc2[nH]1. The van der Waals surface area contributed by atoms with Crippen molar-refractivity contribution in [2.24, 2.45) is 0 Å². The van der Waals surface area contributed by atoms with Gasteiger partial charge in [-0.25, -0.2) is 4.98 Å². The zero-order valence-corrected chi connectivity index (χ0v) is 15.2. The molecule has 0 radical (unpaired) electrons. The Kier molecular flexibility index (Phi) is 4.58. The summed E-state index contributed by atoms with van der Waals surface area (Å²) >= 11 is 0. The molecule has 0 atom stereocenters. The molecule has 1 aromatic carbocycles. The van der Waals surface area contributed by atoms with Gasteiger partial charge in [0.25, 0.3) is 11.8 Å². The molecule has 1 aliphatic rings. The van der Waals surface area contributed by atoms with Gasteiger partial charge >= 0.3 is 0 Å². The molecule has 3 aromatic rings. The van der Waals surface area contributed by atoms with Gasteiger partial charge < -0.3 is 14.8 Å². The number of carbonyl (C=O) groups excluding carboxylic acids is 2. The summed E-state index contributed by atoms with van der Waals surface area (Å²) in [4.78, 5) is 40.6. The molecular formula is C20H21N5O2. The van der Waals surface area contributed by atoms with E-state index in [1.54, 1.807) is 34.3 Å². The fourth-order valence-electron chi connectivity index (χ4n) is 3.33. The largest absolute Gasteiger partial charge is 0.342 e. The molecule has 1 N–H and O–H groups in total. The number of H-pyrrole nitrogens is 1. The molecule has 0 spiro atoms. The van der Waals surface area contributed by atoms with Crippen molar-refractivity contribution in [3.8, 4) is 0 Å². The zero-order valence-electron chi connectivity index (χ0n) is 15.2. The molecule has 1 aliphatic heterocycles. The van der Waals surface area contributed by atoms with E-state index in [4.69, 9.17) is 0 Å². The molecule has 1 saturated heterocycles. The molecule has 138 valence electrons. The molecule has 2 amide bonds. The third kappa shape index (κ3) is 3.40. The van der Waals surface area contributed by atoms with Crippen molar-refractivity contribution in [1.82, 2.24) is 24.8 Å². The minimum Gasteiger partial charge on any atom is -0.342 e. The molecule has 1 fully saturated rings. The monoisotopic (exact) mass is 363 g/mol. The number of hydrogen-bond donors (Lipinski definition) is 1. The summed E-state index contributed by atoms with van der Waals surface area (Å²) in [6, 6.07) is 9.06. The second-order valence-corrected chi connectivity index (χ2v) is 6.60. The number of imidazole rings is 1. The van der Waals surface area contributed by atoms with Gasteiger partial charge in [-0.3, -0.25) is 14.6 Å². The van der Waals surface area contributed by atoms with Crippen LogP contribution in [0.15, 0.2) is 42.7 Å². The Morgan fingerprint density at radius 2 is 1.74 bits per heavy atom. The molecule has 7 heteroatoms. The van der Waals surface area contributed by atoms with Gasteiger partial charge in [-0.15, -0.1) is 0 Å². The lowest BCUT2D eigenvalue weighted by atomic mass is 10.1. The molecule has 0 aliphatic carbocycles. The van der Waals surface area contributed by atoms with Crippen molar-refractivity contribution in [1.29, 1.82) is 0 Å². The lowest BCUT2D eigenvalue weighted by Crippen LogP contribution is -2.50. The number of aromatic nitrogens is 3. The van der Waals surface area contributed by atoms with Crippen LogP contribution in [0.4, 0.5) is 0 Å². The third-order valence-electron chi connectivity index (χ3n) is 4.88. The molecule has 3 heterocycles. The van der Waals surface area contributed by atoms with Crippen LogP contribution in [0.1, 0.15) is 33.5 Å². The average Bonchev–Trinajstić information content (AvgIpc) is 3.16. The third-order valence-corrected chi connectivity index (χ3v) is 4.88. The summed E-state index contributed by atoms with van der Waals surface area (Å²) in [5.41, 5.74) is 2.97. The molecule has 0 unspecified atom stereocenters. The van der Waals surface area contributed by atoms with E-state index in [-0.39, 0.29) is 11.8 Å². The van der Waals surface area contributed by atoms with E-state index in [1.165, 1.54) is 0 Å². The number of carbonyl (C=O) groups is 2. The van der Waals surface area contributed by atoms with Gasteiger partial charge in [-0.05, 0) is 30.3 Å². The molecule has 0 bridgehead atoms. The summed E-state index contributed by atoms with van der Waals surface area (Å²) in [5, 5.41) is 0. The number of fused-ring (bicyclic) bond motifs is 1. The standard InChI is InChI=1S/C20H21N5O2/c1-2-18-22-16-6-5-14(12-17(16)23-18)19(26)24-8-10-25(11-9-24)20(27)15-4-3-7-21-13-15/h3-7,12-13H,2,8-11H2,1H3,(H,22,23). The highest BCUT2D eigenvalue weighted by Gasteiger charge is 2.25. The molecular weight excluding hydrogens is 342 g/mol. The maximum absolute atomic E-state index is 12.8. The van der Waals surface area contributed by atoms with Crippen LogP contribution in [0, 0.1) is 0 Å². The van der Waals surface area contributed by atoms with Crippen molar-refractivity contribution in [2.75, 3.05) is 26.2 Å². The summed E-state index contributed by atoms with van der Waals surface area (Å²) in [6.45, 7) is 4.12. The minimum absolute atomic E-state index is 0.0157. The summed E-state index contributed by atoms with van der Waals surface area (Å²) in [7, 11) is 0. The van der Waals surface area contributed by atoms with Gasteiger partial charge in [0.2, 0.25) is 0 Å². The van der Waals surface area contributed by atoms with Crippen molar-refractivity contribution in [3.63, 3.8) is 0 Å². The van der Waals surface area contributed by atoms with Crippen molar-refractivity contribution in [3.05, 3.63) is 59.7 Å². The van der Waals surface area contributed by atoms with Gasteiger partial charge in [0.1, 0.15) is 5.82 Å². The number of amides is 2. The first-order valence-corrected chi connectivity index (χ1v) is 9.13. The Labute approximate surface area is 157 Å². The van der Waals surface area contributed by atoms with Crippen LogP contribution in [-0.4, -0.2) is 62.7 Å². The topological polar surface area (TPSA) is 82.2 Å². The van der Waals surface area contributed by atoms with E-state index in [1.807, 2.05) is 25.1 Å². The van der Waals surface area contributed by atoms with Crippen LogP contribution in [0.5, 0.6) is 0 Å². The average molecular weight is 363 g/mol. The predicted octanol–water partition coefficient (Wildman–Crippen LogP) is 2.12. The lowest BCUT2D eigenvalue weighted by Gasteiger charge is -2.34. The number of nitrogens with zero attached hydrogens (tertiary/aromatic N) is 4. The number of aryl methyl sites for hydroxylation is 1. The smallest absolute Gasteiger partial charge is 0.255 e. The van der Waals surface area contributed by atoms with Gasteiger partial charge in [-0.1, -0.05) is 6.92 Å². The fourth-order valence-corrected chi connectivity index (χ4v) is 3.33. The van der Waals surface area contributed by atoms with Gasteiger partial charge in [0.15, 0.2) is 0 Å². The Morgan fingerprint density at radius 1 is 1.04 bits per heavy atom. The van der Waals surface area contributed by atoms with Crippen LogP contribution < -0.4 is 0 Å². The number of aromatic amines is 1. The first-order valence-electron chi connectivity index (χ1n) is 9.13. The van der Waals surface area contributed by atoms with Gasteiger partial charge in [0.05, 0.1) is 16.6 Å². The van der Waals surface area contributed by atoms with Crippen molar-refractivity contribution >= 4 is 22.8 Å². The maximum atomic E-state index is 12.8. The maximum Gasteiger partial charge on any atom is 0.255 e. The predicted molar refractivity (Wildman–Crippen MR) is 102 cm³/mol. The van der Waals surface area contributed by atoms with Crippen LogP contribution in [-0.2, 0) is 6.42 Å². The number of benzene rings is 1. The highest BCUT2D eigenvalue weighted by molar-refractivity contribution is 5.98. The molecule has 0 saturated carbocycles. The van der Waals surface area contributed by atoms with Crippen LogP contribution in [0.3, 0.4) is 0 Å². The summed E-state index contributed by atoms with van der Waals surface area (Å²) in [6.07, 6.45) is 4.04. The van der Waals surface area contributed by atoms with E-state index in [0.717, 1.165) is 23.3 Å². The number of pyridine rings is 1. The Bertz CT molecular complexity index is 974. The lowest BCUT2D eigenvalue weighted by molar-refractivity contribution is 0.0535. The van der Waals surface area contributed by atoms with E-state index in [0.29, 0.717) is 37.3 Å². The Morgan fingerprint density at radius 3 is 2.37 bits per heavy atom. The quantitative estimate of drug-likeness (QED) is 0.773. The summed E-state index contributed by atoms with van der Waals surface area (Å²) in [5.74, 6) is 0.858. The van der Waals surface area contributed by atoms with Gasteiger partial charge in [-0.2, -0.15) is 0 Å². The second kappa shape index (κ2) is 7.19. The highest BCUT2D eigenvalue weighted by atomic mass is 16.2. The van der Waals surface area contributed by atoms with Crippen LogP contribution >= 0.6 is 0 Å². The molecule has 4 rings (SSSR count). The van der Waals surface area contributed by atoms with Crippen LogP contribution in [0.25, 0.3) is 11.0 Å². The van der Waals surface area contributed by atoms with Gasteiger partial charge in [0, 0.05) is 50.6 Å². The van der Waals surface area contributed by atoms with Crippen LogP contribution in [0.2, 0.25) is 0 Å². The van der Waals surface area contributed by atoms with Crippen molar-refractivity contribution in [2.45, 2.75) is 13.3 Å². The first-order chi connectivity index (χ1) is 13.2. The Hall–Kier alpha value is -3.22. The molecule has 2 aromatic heterocycles. The number of rotatable bonds is 3. The highest BCUT2D eigenvalue weighted by Crippen LogP contribution is 2.17. The second-order valence-electron chi connectivity index (χ2n) is 6.60.